The van der Waals surface area contributed by atoms with Crippen LogP contribution in [0, 0.1) is 21.4 Å². The maximum atomic E-state index is 11.9. The molecule has 22 heavy (non-hydrogen) atoms. The van der Waals surface area contributed by atoms with Crippen molar-refractivity contribution in [2.24, 2.45) is 11.3 Å². The molecule has 0 radical (unpaired) electrons. The quantitative estimate of drug-likeness (QED) is 0.491. The summed E-state index contributed by atoms with van der Waals surface area (Å²) < 4.78 is 0. The SMILES string of the molecule is CC(C)(Cc1ccc([N+](=O)[O-])cc1)C1C(=O)NC(=O)NC1=O. The molecule has 4 amide bonds. The predicted octanol–water partition coefficient (Wildman–Crippen LogP) is 1.15. The van der Waals surface area contributed by atoms with Crippen LogP contribution in [-0.4, -0.2) is 22.8 Å². The summed E-state index contributed by atoms with van der Waals surface area (Å²) in [7, 11) is 0. The summed E-state index contributed by atoms with van der Waals surface area (Å²) in [5.74, 6) is -2.29. The van der Waals surface area contributed by atoms with Crippen LogP contribution in [0.4, 0.5) is 10.5 Å². The van der Waals surface area contributed by atoms with Gasteiger partial charge < -0.3 is 0 Å². The molecule has 0 atom stereocenters. The molecule has 0 aromatic heterocycles. The predicted molar refractivity (Wildman–Crippen MR) is 75.8 cm³/mol. The van der Waals surface area contributed by atoms with Crippen molar-refractivity contribution >= 4 is 23.5 Å². The van der Waals surface area contributed by atoms with Crippen molar-refractivity contribution in [1.82, 2.24) is 10.6 Å². The number of barbiturate groups is 1. The summed E-state index contributed by atoms with van der Waals surface area (Å²) in [6.07, 6.45) is 0.352. The van der Waals surface area contributed by atoms with E-state index in [9.17, 15) is 24.5 Å². The van der Waals surface area contributed by atoms with Crippen LogP contribution in [0.5, 0.6) is 0 Å². The molecule has 1 aliphatic rings. The van der Waals surface area contributed by atoms with Gasteiger partial charge >= 0.3 is 6.03 Å². The molecule has 1 aliphatic heterocycles. The molecular formula is C14H15N3O5. The van der Waals surface area contributed by atoms with Crippen LogP contribution in [-0.2, 0) is 16.0 Å². The number of carbonyl (C=O) groups is 3. The molecule has 1 fully saturated rings. The number of nitrogens with zero attached hydrogens (tertiary/aromatic N) is 1. The first-order valence-electron chi connectivity index (χ1n) is 6.60. The topological polar surface area (TPSA) is 118 Å². The van der Waals surface area contributed by atoms with Crippen LogP contribution in [0.2, 0.25) is 0 Å². The van der Waals surface area contributed by atoms with Crippen molar-refractivity contribution in [1.29, 1.82) is 0 Å². The summed E-state index contributed by atoms with van der Waals surface area (Å²) in [5, 5.41) is 14.8. The number of hydrogen-bond acceptors (Lipinski definition) is 5. The minimum Gasteiger partial charge on any atom is -0.277 e. The van der Waals surface area contributed by atoms with E-state index in [-0.39, 0.29) is 5.69 Å². The zero-order chi connectivity index (χ0) is 16.5. The fraction of sp³-hybridized carbons (Fsp3) is 0.357. The van der Waals surface area contributed by atoms with Crippen LogP contribution in [0.3, 0.4) is 0 Å². The molecule has 1 saturated heterocycles. The molecule has 2 rings (SSSR count). The third-order valence-electron chi connectivity index (χ3n) is 3.59. The lowest BCUT2D eigenvalue weighted by Crippen LogP contribution is -2.59. The third-order valence-corrected chi connectivity index (χ3v) is 3.59. The summed E-state index contributed by atoms with van der Waals surface area (Å²) in [5.41, 5.74) is -0.0289. The minimum absolute atomic E-state index is 0.0275. The Labute approximate surface area is 126 Å². The Hall–Kier alpha value is -2.77. The number of non-ortho nitro benzene ring substituents is 1. The van der Waals surface area contributed by atoms with Crippen LogP contribution in [0.1, 0.15) is 19.4 Å². The van der Waals surface area contributed by atoms with Crippen molar-refractivity contribution in [2.45, 2.75) is 20.3 Å². The van der Waals surface area contributed by atoms with Gasteiger partial charge in [-0.3, -0.25) is 30.3 Å². The van der Waals surface area contributed by atoms with Crippen molar-refractivity contribution < 1.29 is 19.3 Å². The Bertz CT molecular complexity index is 631. The zero-order valence-corrected chi connectivity index (χ0v) is 12.1. The molecule has 8 heteroatoms. The summed E-state index contributed by atoms with van der Waals surface area (Å²) in [6.45, 7) is 3.46. The maximum Gasteiger partial charge on any atom is 0.328 e. The Balaban J connectivity index is 2.19. The van der Waals surface area contributed by atoms with E-state index < -0.39 is 34.1 Å². The Morgan fingerprint density at radius 1 is 1.09 bits per heavy atom. The van der Waals surface area contributed by atoms with Gasteiger partial charge in [-0.15, -0.1) is 0 Å². The Morgan fingerprint density at radius 2 is 1.59 bits per heavy atom. The minimum atomic E-state index is -1.01. The molecule has 0 spiro atoms. The van der Waals surface area contributed by atoms with Gasteiger partial charge in [-0.25, -0.2) is 4.79 Å². The van der Waals surface area contributed by atoms with Gasteiger partial charge in [-0.1, -0.05) is 26.0 Å². The summed E-state index contributed by atoms with van der Waals surface area (Å²) in [6, 6.07) is 5.09. The van der Waals surface area contributed by atoms with Crippen molar-refractivity contribution in [3.8, 4) is 0 Å². The molecule has 1 aromatic rings. The van der Waals surface area contributed by atoms with E-state index in [4.69, 9.17) is 0 Å². The monoisotopic (exact) mass is 305 g/mol. The zero-order valence-electron chi connectivity index (χ0n) is 12.1. The number of nitrogens with one attached hydrogen (secondary N) is 2. The molecule has 0 saturated carbocycles. The number of urea groups is 1. The molecule has 0 unspecified atom stereocenters. The first-order chi connectivity index (χ1) is 10.2. The average molecular weight is 305 g/mol. The van der Waals surface area contributed by atoms with Crippen molar-refractivity contribution in [2.75, 3.05) is 0 Å². The Morgan fingerprint density at radius 3 is 2.05 bits per heavy atom. The van der Waals surface area contributed by atoms with Gasteiger partial charge in [0.05, 0.1) is 4.92 Å². The van der Waals surface area contributed by atoms with E-state index in [0.29, 0.717) is 6.42 Å². The second-order valence-corrected chi connectivity index (χ2v) is 5.83. The van der Waals surface area contributed by atoms with Gasteiger partial charge in [0.25, 0.3) is 5.69 Å². The number of benzene rings is 1. The van der Waals surface area contributed by atoms with E-state index in [1.807, 2.05) is 0 Å². The van der Waals surface area contributed by atoms with Crippen LogP contribution >= 0.6 is 0 Å². The molecule has 8 nitrogen and oxygen atoms in total. The highest BCUT2D eigenvalue weighted by atomic mass is 16.6. The summed E-state index contributed by atoms with van der Waals surface area (Å²) in [4.78, 5) is 45.0. The first-order valence-corrected chi connectivity index (χ1v) is 6.60. The number of hydrogen-bond donors (Lipinski definition) is 2. The maximum absolute atomic E-state index is 11.9. The van der Waals surface area contributed by atoms with Gasteiger partial charge in [0.2, 0.25) is 11.8 Å². The lowest BCUT2D eigenvalue weighted by molar-refractivity contribution is -0.384. The largest absolute Gasteiger partial charge is 0.328 e. The van der Waals surface area contributed by atoms with Crippen LogP contribution in [0.15, 0.2) is 24.3 Å². The van der Waals surface area contributed by atoms with Gasteiger partial charge in [0.15, 0.2) is 0 Å². The molecule has 116 valence electrons. The molecule has 0 aliphatic carbocycles. The number of nitro benzene ring substituents is 1. The molecule has 1 heterocycles. The van der Waals surface area contributed by atoms with E-state index in [1.54, 1.807) is 26.0 Å². The van der Waals surface area contributed by atoms with E-state index in [1.165, 1.54) is 12.1 Å². The number of carbonyl (C=O) groups excluding carboxylic acids is 3. The number of amides is 4. The Kier molecular flexibility index (Phi) is 3.94. The first kappa shape index (κ1) is 15.6. The van der Waals surface area contributed by atoms with Crippen LogP contribution < -0.4 is 10.6 Å². The molecular weight excluding hydrogens is 290 g/mol. The van der Waals surface area contributed by atoms with Gasteiger partial charge in [-0.2, -0.15) is 0 Å². The average Bonchev–Trinajstić information content (AvgIpc) is 2.36. The smallest absolute Gasteiger partial charge is 0.277 e. The number of rotatable bonds is 4. The lowest BCUT2D eigenvalue weighted by atomic mass is 9.73. The van der Waals surface area contributed by atoms with E-state index in [0.717, 1.165) is 5.56 Å². The third kappa shape index (κ3) is 3.11. The van der Waals surface area contributed by atoms with E-state index in [2.05, 4.69) is 10.6 Å². The van der Waals surface area contributed by atoms with E-state index >= 15 is 0 Å². The normalized spacial score (nSPS) is 16.2. The number of imide groups is 2. The van der Waals surface area contributed by atoms with Crippen molar-refractivity contribution in [3.05, 3.63) is 39.9 Å². The standard InChI is InChI=1S/C14H15N3O5/c1-14(2,10-11(18)15-13(20)16-12(10)19)7-8-3-5-9(6-4-8)17(21)22/h3-6,10H,7H2,1-2H3,(H2,15,16,18,19,20). The van der Waals surface area contributed by atoms with Gasteiger partial charge in [0, 0.05) is 12.1 Å². The second kappa shape index (κ2) is 5.55. The van der Waals surface area contributed by atoms with Crippen molar-refractivity contribution in [3.63, 3.8) is 0 Å². The number of nitro groups is 1. The lowest BCUT2D eigenvalue weighted by Gasteiger charge is -2.34. The molecule has 1 aromatic carbocycles. The fourth-order valence-electron chi connectivity index (χ4n) is 2.59. The van der Waals surface area contributed by atoms with Crippen LogP contribution in [0.25, 0.3) is 0 Å². The fourth-order valence-corrected chi connectivity index (χ4v) is 2.59. The second-order valence-electron chi connectivity index (χ2n) is 5.83. The van der Waals surface area contributed by atoms with Gasteiger partial charge in [0.1, 0.15) is 5.92 Å². The van der Waals surface area contributed by atoms with Gasteiger partial charge in [-0.05, 0) is 17.4 Å². The highest BCUT2D eigenvalue weighted by Crippen LogP contribution is 2.33. The molecule has 0 bridgehead atoms. The summed E-state index contributed by atoms with van der Waals surface area (Å²) >= 11 is 0. The highest BCUT2D eigenvalue weighted by Gasteiger charge is 2.44. The highest BCUT2D eigenvalue weighted by molar-refractivity contribution is 6.16. The molecule has 2 N–H and O–H groups in total.